The second kappa shape index (κ2) is 8.34. The van der Waals surface area contributed by atoms with Gasteiger partial charge in [0.25, 0.3) is 0 Å². The second-order valence-electron chi connectivity index (χ2n) is 5.84. The van der Waals surface area contributed by atoms with E-state index < -0.39 is 6.09 Å². The van der Waals surface area contributed by atoms with Crippen LogP contribution >= 0.6 is 0 Å². The molecule has 2 aromatic carbocycles. The zero-order valence-corrected chi connectivity index (χ0v) is 13.7. The third kappa shape index (κ3) is 5.75. The first-order chi connectivity index (χ1) is 11.0. The minimum absolute atomic E-state index is 0.00838. The number of carbonyl (C=O) groups is 1. The van der Waals surface area contributed by atoms with Crippen LogP contribution in [0.4, 0.5) is 4.79 Å². The molecular formula is C19H24N2O2. The summed E-state index contributed by atoms with van der Waals surface area (Å²) in [6.45, 7) is 4.20. The highest BCUT2D eigenvalue weighted by Gasteiger charge is 2.10. The van der Waals surface area contributed by atoms with Crippen molar-refractivity contribution in [3.05, 3.63) is 71.3 Å². The third-order valence-corrected chi connectivity index (χ3v) is 3.60. The van der Waals surface area contributed by atoms with Crippen molar-refractivity contribution in [3.63, 3.8) is 0 Å². The number of hydrogen-bond donors (Lipinski definition) is 2. The summed E-state index contributed by atoms with van der Waals surface area (Å²) in [6.07, 6.45) is 0.339. The molecule has 1 amide bonds. The molecule has 0 spiro atoms. The van der Waals surface area contributed by atoms with E-state index in [0.29, 0.717) is 0 Å². The first-order valence-corrected chi connectivity index (χ1v) is 7.86. The molecule has 2 rings (SSSR count). The van der Waals surface area contributed by atoms with Crippen molar-refractivity contribution in [2.75, 3.05) is 0 Å². The number of nitrogens with one attached hydrogen (secondary N) is 1. The lowest BCUT2D eigenvalue weighted by Gasteiger charge is -2.15. The summed E-state index contributed by atoms with van der Waals surface area (Å²) in [7, 11) is 0. The number of carbonyl (C=O) groups excluding carboxylic acids is 1. The Morgan fingerprint density at radius 2 is 1.78 bits per heavy atom. The summed E-state index contributed by atoms with van der Waals surface area (Å²) in [5, 5.41) is 2.85. The topological polar surface area (TPSA) is 64.3 Å². The van der Waals surface area contributed by atoms with Gasteiger partial charge in [0.2, 0.25) is 0 Å². The van der Waals surface area contributed by atoms with E-state index in [1.54, 1.807) is 0 Å². The van der Waals surface area contributed by atoms with Gasteiger partial charge in [-0.25, -0.2) is 4.79 Å². The van der Waals surface area contributed by atoms with Crippen LogP contribution in [0.2, 0.25) is 0 Å². The first-order valence-electron chi connectivity index (χ1n) is 7.86. The lowest BCUT2D eigenvalue weighted by Crippen LogP contribution is -2.34. The Bertz CT molecular complexity index is 626. The zero-order chi connectivity index (χ0) is 16.7. The number of benzene rings is 2. The van der Waals surface area contributed by atoms with E-state index in [2.05, 4.69) is 11.4 Å². The van der Waals surface area contributed by atoms with Gasteiger partial charge in [0.1, 0.15) is 6.61 Å². The van der Waals surface area contributed by atoms with Crippen LogP contribution in [0.15, 0.2) is 54.6 Å². The standard InChI is InChI=1S/C19H24N2O2/c1-14(11-17-9-6-10-18(12-17)15(2)20)21-19(22)23-13-16-7-4-3-5-8-16/h3-10,12,14-15H,11,13,20H2,1-2H3,(H,21,22)/t14-,15-/m0/s1. The average Bonchev–Trinajstić information content (AvgIpc) is 2.54. The van der Waals surface area contributed by atoms with Crippen molar-refractivity contribution < 1.29 is 9.53 Å². The van der Waals surface area contributed by atoms with Gasteiger partial charge >= 0.3 is 6.09 Å². The number of nitrogens with two attached hydrogens (primary N) is 1. The molecule has 3 N–H and O–H groups in total. The van der Waals surface area contributed by atoms with Crippen molar-refractivity contribution in [1.82, 2.24) is 5.32 Å². The minimum atomic E-state index is -0.398. The predicted molar refractivity (Wildman–Crippen MR) is 92.0 cm³/mol. The first kappa shape index (κ1) is 17.0. The van der Waals surface area contributed by atoms with Gasteiger partial charge in [-0.15, -0.1) is 0 Å². The van der Waals surface area contributed by atoms with Crippen LogP contribution in [0.3, 0.4) is 0 Å². The molecule has 0 unspecified atom stereocenters. The van der Waals surface area contributed by atoms with E-state index in [1.165, 1.54) is 0 Å². The highest BCUT2D eigenvalue weighted by Crippen LogP contribution is 2.13. The molecule has 0 saturated heterocycles. The molecule has 0 aliphatic rings. The fourth-order valence-electron chi connectivity index (χ4n) is 2.37. The summed E-state index contributed by atoms with van der Waals surface area (Å²) < 4.78 is 5.23. The zero-order valence-electron chi connectivity index (χ0n) is 13.7. The normalized spacial score (nSPS) is 13.2. The van der Waals surface area contributed by atoms with Gasteiger partial charge in [-0.3, -0.25) is 0 Å². The maximum atomic E-state index is 11.8. The Labute approximate surface area is 137 Å². The molecule has 2 atom stereocenters. The maximum Gasteiger partial charge on any atom is 0.407 e. The van der Waals surface area contributed by atoms with Crippen molar-refractivity contribution in [3.8, 4) is 0 Å². The summed E-state index contributed by atoms with van der Waals surface area (Å²) in [4.78, 5) is 11.8. The summed E-state index contributed by atoms with van der Waals surface area (Å²) >= 11 is 0. The highest BCUT2D eigenvalue weighted by atomic mass is 16.5. The summed E-state index contributed by atoms with van der Waals surface area (Å²) in [6, 6.07) is 17.8. The molecule has 0 aliphatic heterocycles. The molecule has 0 aliphatic carbocycles. The van der Waals surface area contributed by atoms with Gasteiger partial charge in [-0.2, -0.15) is 0 Å². The minimum Gasteiger partial charge on any atom is -0.445 e. The van der Waals surface area contributed by atoms with E-state index >= 15 is 0 Å². The Balaban J connectivity index is 1.81. The second-order valence-corrected chi connectivity index (χ2v) is 5.84. The number of hydrogen-bond acceptors (Lipinski definition) is 3. The molecule has 0 heterocycles. The van der Waals surface area contributed by atoms with Crippen molar-refractivity contribution in [1.29, 1.82) is 0 Å². The maximum absolute atomic E-state index is 11.8. The Morgan fingerprint density at radius 3 is 2.48 bits per heavy atom. The lowest BCUT2D eigenvalue weighted by molar-refractivity contribution is 0.136. The Kier molecular flexibility index (Phi) is 6.18. The van der Waals surface area contributed by atoms with Crippen LogP contribution in [0.25, 0.3) is 0 Å². The van der Waals surface area contributed by atoms with Gasteiger partial charge in [-0.05, 0) is 37.0 Å². The molecule has 122 valence electrons. The molecule has 0 bridgehead atoms. The number of ether oxygens (including phenoxy) is 1. The molecule has 4 heteroatoms. The van der Waals surface area contributed by atoms with Crippen LogP contribution < -0.4 is 11.1 Å². The molecule has 0 fully saturated rings. The monoisotopic (exact) mass is 312 g/mol. The van der Waals surface area contributed by atoms with Crippen molar-refractivity contribution in [2.24, 2.45) is 5.73 Å². The average molecular weight is 312 g/mol. The molecular weight excluding hydrogens is 288 g/mol. The van der Waals surface area contributed by atoms with E-state index in [0.717, 1.165) is 23.1 Å². The number of rotatable bonds is 6. The number of alkyl carbamates (subject to hydrolysis) is 1. The van der Waals surface area contributed by atoms with Crippen LogP contribution in [0, 0.1) is 0 Å². The van der Waals surface area contributed by atoms with Gasteiger partial charge in [-0.1, -0.05) is 54.6 Å². The SMILES string of the molecule is C[C@H](N)c1cccc(C[C@H](C)NC(=O)OCc2ccccc2)c1. The highest BCUT2D eigenvalue weighted by molar-refractivity contribution is 5.67. The lowest BCUT2D eigenvalue weighted by atomic mass is 10.0. The fraction of sp³-hybridized carbons (Fsp3) is 0.316. The van der Waals surface area contributed by atoms with Gasteiger partial charge in [0.15, 0.2) is 0 Å². The predicted octanol–water partition coefficient (Wildman–Crippen LogP) is 3.56. The van der Waals surface area contributed by atoms with Gasteiger partial charge in [0, 0.05) is 12.1 Å². The van der Waals surface area contributed by atoms with Crippen molar-refractivity contribution >= 4 is 6.09 Å². The van der Waals surface area contributed by atoms with Crippen LogP contribution in [0.1, 0.15) is 36.6 Å². The number of amides is 1. The molecule has 0 saturated carbocycles. The Hall–Kier alpha value is -2.33. The van der Waals surface area contributed by atoms with Crippen LogP contribution in [-0.4, -0.2) is 12.1 Å². The van der Waals surface area contributed by atoms with Crippen molar-refractivity contribution in [2.45, 2.75) is 39.0 Å². The van der Waals surface area contributed by atoms with Gasteiger partial charge < -0.3 is 15.8 Å². The summed E-state index contributed by atoms with van der Waals surface area (Å²) in [5.41, 5.74) is 9.12. The molecule has 0 aromatic heterocycles. The largest absolute Gasteiger partial charge is 0.445 e. The van der Waals surface area contributed by atoms with Gasteiger partial charge in [0.05, 0.1) is 0 Å². The third-order valence-electron chi connectivity index (χ3n) is 3.60. The smallest absolute Gasteiger partial charge is 0.407 e. The summed E-state index contributed by atoms with van der Waals surface area (Å²) in [5.74, 6) is 0. The quantitative estimate of drug-likeness (QED) is 0.857. The molecule has 23 heavy (non-hydrogen) atoms. The van der Waals surface area contributed by atoms with Crippen LogP contribution in [-0.2, 0) is 17.8 Å². The molecule has 2 aromatic rings. The van der Waals surface area contributed by atoms with Crippen LogP contribution in [0.5, 0.6) is 0 Å². The Morgan fingerprint density at radius 1 is 1.09 bits per heavy atom. The van der Waals surface area contributed by atoms with E-state index in [-0.39, 0.29) is 18.7 Å². The van der Waals surface area contributed by atoms with E-state index in [9.17, 15) is 4.79 Å². The van der Waals surface area contributed by atoms with E-state index in [1.807, 2.05) is 62.4 Å². The molecule has 4 nitrogen and oxygen atoms in total. The molecule has 0 radical (unpaired) electrons. The van der Waals surface area contributed by atoms with E-state index in [4.69, 9.17) is 10.5 Å². The fourth-order valence-corrected chi connectivity index (χ4v) is 2.37.